The summed E-state index contributed by atoms with van der Waals surface area (Å²) in [6, 6.07) is 7.03. The van der Waals surface area contributed by atoms with Gasteiger partial charge in [0.05, 0.1) is 17.3 Å². The van der Waals surface area contributed by atoms with Gasteiger partial charge in [-0.2, -0.15) is 5.10 Å². The Morgan fingerprint density at radius 3 is 2.45 bits per heavy atom. The van der Waals surface area contributed by atoms with Crippen molar-refractivity contribution in [1.82, 2.24) is 24.7 Å². The van der Waals surface area contributed by atoms with Gasteiger partial charge in [-0.25, -0.2) is 17.9 Å². The van der Waals surface area contributed by atoms with Gasteiger partial charge in [0.2, 0.25) is 10.0 Å². The number of aromatic nitrogens is 2. The van der Waals surface area contributed by atoms with Gasteiger partial charge < -0.3 is 10.4 Å². The Morgan fingerprint density at radius 2 is 1.91 bits per heavy atom. The number of benzene rings is 1. The van der Waals surface area contributed by atoms with Gasteiger partial charge in [0.25, 0.3) is 5.91 Å². The molecule has 1 aliphatic heterocycles. The number of nitrogens with one attached hydrogen (secondary N) is 2. The normalized spacial score (nSPS) is 21.7. The molecule has 1 fully saturated rings. The Kier molecular flexibility index (Phi) is 6.51. The zero-order valence-electron chi connectivity index (χ0n) is 19.9. The molecule has 2 heterocycles. The van der Waals surface area contributed by atoms with E-state index in [1.807, 2.05) is 58.9 Å². The van der Waals surface area contributed by atoms with Gasteiger partial charge in [0.15, 0.2) is 5.69 Å². The first-order chi connectivity index (χ1) is 15.2. The molecular weight excluding hydrogens is 446 g/mol. The quantitative estimate of drug-likeness (QED) is 0.583. The highest BCUT2D eigenvalue weighted by Gasteiger charge is 2.55. The first-order valence-electron chi connectivity index (χ1n) is 10.9. The second-order valence-electron chi connectivity index (χ2n) is 10.0. The van der Waals surface area contributed by atoms with Crippen molar-refractivity contribution in [2.24, 2.45) is 5.41 Å². The SMILES string of the molecule is CC(C)n1nc(C(=O)N[C@@H]2CN(C(=O)O)[C@](CNS(C)(=O)=O)(C(C)(C)C)C2)c2ccccc21. The van der Waals surface area contributed by atoms with E-state index < -0.39 is 33.1 Å². The van der Waals surface area contributed by atoms with Crippen molar-refractivity contribution in [3.8, 4) is 0 Å². The monoisotopic (exact) mass is 479 g/mol. The highest BCUT2D eigenvalue weighted by molar-refractivity contribution is 7.88. The number of carbonyl (C=O) groups excluding carboxylic acids is 1. The Labute approximate surface area is 194 Å². The number of likely N-dealkylation sites (tertiary alicyclic amines) is 1. The highest BCUT2D eigenvalue weighted by atomic mass is 32.2. The lowest BCUT2D eigenvalue weighted by Crippen LogP contribution is -2.61. The van der Waals surface area contributed by atoms with Crippen molar-refractivity contribution < 1.29 is 23.1 Å². The third-order valence-corrected chi connectivity index (χ3v) is 7.08. The predicted molar refractivity (Wildman–Crippen MR) is 126 cm³/mol. The highest BCUT2D eigenvalue weighted by Crippen LogP contribution is 2.43. The molecule has 1 saturated heterocycles. The molecule has 3 rings (SSSR count). The number of hydrogen-bond donors (Lipinski definition) is 3. The smallest absolute Gasteiger partial charge is 0.407 e. The molecule has 0 saturated carbocycles. The van der Waals surface area contributed by atoms with Crippen molar-refractivity contribution in [1.29, 1.82) is 0 Å². The van der Waals surface area contributed by atoms with Gasteiger partial charge >= 0.3 is 6.09 Å². The van der Waals surface area contributed by atoms with Crippen LogP contribution in [-0.2, 0) is 10.0 Å². The second-order valence-corrected chi connectivity index (χ2v) is 11.9. The predicted octanol–water partition coefficient (Wildman–Crippen LogP) is 2.43. The molecule has 2 amide bonds. The molecule has 2 atom stereocenters. The van der Waals surface area contributed by atoms with Gasteiger partial charge in [0, 0.05) is 30.6 Å². The van der Waals surface area contributed by atoms with Crippen LogP contribution >= 0.6 is 0 Å². The molecule has 11 heteroatoms. The van der Waals surface area contributed by atoms with Crippen LogP contribution in [0.5, 0.6) is 0 Å². The van der Waals surface area contributed by atoms with E-state index in [-0.39, 0.29) is 37.2 Å². The summed E-state index contributed by atoms with van der Waals surface area (Å²) < 4.78 is 27.9. The van der Waals surface area contributed by atoms with E-state index in [9.17, 15) is 23.1 Å². The van der Waals surface area contributed by atoms with Gasteiger partial charge in [-0.1, -0.05) is 39.0 Å². The average Bonchev–Trinajstić information content (AvgIpc) is 3.25. The molecule has 0 aliphatic carbocycles. The summed E-state index contributed by atoms with van der Waals surface area (Å²) in [4.78, 5) is 26.7. The lowest BCUT2D eigenvalue weighted by Gasteiger charge is -2.47. The third-order valence-electron chi connectivity index (χ3n) is 6.41. The van der Waals surface area contributed by atoms with Crippen molar-refractivity contribution in [2.45, 2.75) is 58.7 Å². The average molecular weight is 480 g/mol. The molecule has 1 aromatic carbocycles. The van der Waals surface area contributed by atoms with Crippen LogP contribution in [0, 0.1) is 5.41 Å². The molecule has 10 nitrogen and oxygen atoms in total. The van der Waals surface area contributed by atoms with E-state index in [0.29, 0.717) is 0 Å². The number of amides is 2. The molecule has 182 valence electrons. The minimum absolute atomic E-state index is 0.0482. The summed E-state index contributed by atoms with van der Waals surface area (Å²) in [5, 5.41) is 18.1. The van der Waals surface area contributed by atoms with Crippen LogP contribution in [0.1, 0.15) is 57.6 Å². The molecule has 0 spiro atoms. The van der Waals surface area contributed by atoms with E-state index >= 15 is 0 Å². The first kappa shape index (κ1) is 25.0. The molecule has 1 aromatic heterocycles. The summed E-state index contributed by atoms with van der Waals surface area (Å²) in [5.41, 5.74) is -0.519. The first-order valence-corrected chi connectivity index (χ1v) is 12.8. The van der Waals surface area contributed by atoms with Crippen molar-refractivity contribution in [3.05, 3.63) is 30.0 Å². The summed E-state index contributed by atoms with van der Waals surface area (Å²) in [5.74, 6) is -0.387. The molecule has 1 aliphatic rings. The summed E-state index contributed by atoms with van der Waals surface area (Å²) in [7, 11) is -3.54. The Balaban J connectivity index is 1.93. The van der Waals surface area contributed by atoms with Crippen LogP contribution in [0.15, 0.2) is 24.3 Å². The Hall–Kier alpha value is -2.66. The van der Waals surface area contributed by atoms with E-state index in [1.165, 1.54) is 4.90 Å². The number of carbonyl (C=O) groups is 2. The molecule has 3 N–H and O–H groups in total. The van der Waals surface area contributed by atoms with Gasteiger partial charge in [0.1, 0.15) is 0 Å². The number of rotatable bonds is 6. The fourth-order valence-electron chi connectivity index (χ4n) is 4.63. The van der Waals surface area contributed by atoms with Crippen LogP contribution < -0.4 is 10.0 Å². The molecule has 0 unspecified atom stereocenters. The number of sulfonamides is 1. The molecule has 0 bridgehead atoms. The number of nitrogens with zero attached hydrogens (tertiary/aromatic N) is 3. The lowest BCUT2D eigenvalue weighted by molar-refractivity contribution is 0.0344. The maximum Gasteiger partial charge on any atom is 0.407 e. The van der Waals surface area contributed by atoms with Gasteiger partial charge in [-0.15, -0.1) is 0 Å². The van der Waals surface area contributed by atoms with Gasteiger partial charge in [-0.3, -0.25) is 14.4 Å². The second kappa shape index (κ2) is 8.60. The van der Waals surface area contributed by atoms with Crippen molar-refractivity contribution in [2.75, 3.05) is 19.3 Å². The van der Waals surface area contributed by atoms with E-state index in [2.05, 4.69) is 15.1 Å². The number of para-hydroxylation sites is 1. The number of fused-ring (bicyclic) bond motifs is 1. The molecule has 0 radical (unpaired) electrons. The molecular formula is C22H33N5O5S. The summed E-state index contributed by atoms with van der Waals surface area (Å²) >= 11 is 0. The van der Waals surface area contributed by atoms with Crippen LogP contribution in [0.25, 0.3) is 10.9 Å². The van der Waals surface area contributed by atoms with Crippen LogP contribution in [-0.4, -0.2) is 71.1 Å². The van der Waals surface area contributed by atoms with E-state index in [0.717, 1.165) is 17.2 Å². The minimum atomic E-state index is -3.54. The largest absolute Gasteiger partial charge is 0.465 e. The Bertz CT molecular complexity index is 1170. The van der Waals surface area contributed by atoms with Crippen LogP contribution in [0.3, 0.4) is 0 Å². The maximum absolute atomic E-state index is 13.2. The van der Waals surface area contributed by atoms with Gasteiger partial charge in [-0.05, 0) is 31.7 Å². The third kappa shape index (κ3) is 4.84. The minimum Gasteiger partial charge on any atom is -0.465 e. The van der Waals surface area contributed by atoms with E-state index in [1.54, 1.807) is 4.68 Å². The fraction of sp³-hybridized carbons (Fsp3) is 0.591. The summed E-state index contributed by atoms with van der Waals surface area (Å²) in [6.45, 7) is 9.54. The number of carboxylic acid groups (broad SMARTS) is 1. The molecule has 33 heavy (non-hydrogen) atoms. The standard InChI is InChI=1S/C22H33N5O5S/c1-14(2)27-17-10-8-7-9-16(17)18(25-27)19(28)24-15-11-22(21(3,4)5,13-23-33(6,31)32)26(12-15)20(29)30/h7-10,14-15,23H,11-13H2,1-6H3,(H,24,28)(H,29,30)/t15-,22+/m0/s1. The molecule has 2 aromatic rings. The lowest BCUT2D eigenvalue weighted by atomic mass is 9.71. The van der Waals surface area contributed by atoms with Crippen molar-refractivity contribution in [3.63, 3.8) is 0 Å². The topological polar surface area (TPSA) is 134 Å². The zero-order valence-corrected chi connectivity index (χ0v) is 20.7. The van der Waals surface area contributed by atoms with Crippen molar-refractivity contribution >= 4 is 32.9 Å². The van der Waals surface area contributed by atoms with Crippen LogP contribution in [0.4, 0.5) is 4.79 Å². The Morgan fingerprint density at radius 1 is 1.27 bits per heavy atom. The fourth-order valence-corrected chi connectivity index (χ4v) is 5.13. The zero-order chi connectivity index (χ0) is 24.8. The van der Waals surface area contributed by atoms with Crippen LogP contribution in [0.2, 0.25) is 0 Å². The van der Waals surface area contributed by atoms with E-state index in [4.69, 9.17) is 0 Å². The number of hydrogen-bond acceptors (Lipinski definition) is 5. The maximum atomic E-state index is 13.2. The summed E-state index contributed by atoms with van der Waals surface area (Å²) in [6.07, 6.45) is 0.144.